The molecule has 0 heterocycles. The van der Waals surface area contributed by atoms with E-state index in [9.17, 15) is 13.2 Å². The molecule has 0 bridgehead atoms. The van der Waals surface area contributed by atoms with E-state index in [-0.39, 0.29) is 16.4 Å². The Labute approximate surface area is 165 Å². The summed E-state index contributed by atoms with van der Waals surface area (Å²) in [5, 5.41) is 3.97. The fourth-order valence-electron chi connectivity index (χ4n) is 2.50. The number of carbonyl (C=O) groups is 1. The first-order valence-corrected chi connectivity index (χ1v) is 10.5. The van der Waals surface area contributed by atoms with Gasteiger partial charge < -0.3 is 4.74 Å². The quantitative estimate of drug-likeness (QED) is 0.493. The Hall–Kier alpha value is -2.87. The monoisotopic (exact) mass is 403 g/mol. The molecule has 150 valence electrons. The van der Waals surface area contributed by atoms with E-state index in [4.69, 9.17) is 4.74 Å². The topological polar surface area (TPSA) is 96.9 Å². The lowest BCUT2D eigenvalue weighted by molar-refractivity contribution is 0.0954. The van der Waals surface area contributed by atoms with Gasteiger partial charge in [0.05, 0.1) is 17.7 Å². The standard InChI is InChI=1S/C20H25N3O4S/c1-4-15(5-2)14-21-22-20(24)16-9-8-10-17(13-16)28(25,26)23-18-11-6-7-12-19(18)27-3/h6-15,23H,4-5H2,1-3H3,(H,22,24)/b21-14-. The maximum atomic E-state index is 12.7. The molecule has 0 saturated carbocycles. The highest BCUT2D eigenvalue weighted by molar-refractivity contribution is 7.92. The number of hydrazone groups is 1. The molecule has 0 saturated heterocycles. The molecule has 0 unspecified atom stereocenters. The van der Waals surface area contributed by atoms with Gasteiger partial charge in [0.25, 0.3) is 15.9 Å². The van der Waals surface area contributed by atoms with E-state index in [1.165, 1.54) is 31.4 Å². The Kier molecular flexibility index (Phi) is 7.57. The first kappa shape index (κ1) is 21.4. The predicted molar refractivity (Wildman–Crippen MR) is 110 cm³/mol. The summed E-state index contributed by atoms with van der Waals surface area (Å²) in [6.07, 6.45) is 3.55. The minimum Gasteiger partial charge on any atom is -0.495 e. The molecule has 8 heteroatoms. The van der Waals surface area contributed by atoms with Gasteiger partial charge in [-0.25, -0.2) is 13.8 Å². The van der Waals surface area contributed by atoms with Crippen molar-refractivity contribution in [3.63, 3.8) is 0 Å². The number of rotatable bonds is 9. The number of para-hydroxylation sites is 2. The summed E-state index contributed by atoms with van der Waals surface area (Å²) in [7, 11) is -2.43. The number of benzene rings is 2. The highest BCUT2D eigenvalue weighted by Crippen LogP contribution is 2.26. The van der Waals surface area contributed by atoms with Crippen molar-refractivity contribution in [2.45, 2.75) is 31.6 Å². The van der Waals surface area contributed by atoms with Crippen molar-refractivity contribution in [2.75, 3.05) is 11.8 Å². The van der Waals surface area contributed by atoms with Crippen molar-refractivity contribution < 1.29 is 17.9 Å². The minimum atomic E-state index is -3.89. The zero-order valence-corrected chi connectivity index (χ0v) is 17.0. The average molecular weight is 404 g/mol. The number of nitrogens with one attached hydrogen (secondary N) is 2. The van der Waals surface area contributed by atoms with Crippen LogP contribution in [0.1, 0.15) is 37.0 Å². The number of nitrogens with zero attached hydrogens (tertiary/aromatic N) is 1. The average Bonchev–Trinajstić information content (AvgIpc) is 2.71. The second-order valence-electron chi connectivity index (χ2n) is 6.13. The van der Waals surface area contributed by atoms with Gasteiger partial charge in [0.2, 0.25) is 0 Å². The highest BCUT2D eigenvalue weighted by atomic mass is 32.2. The van der Waals surface area contributed by atoms with E-state index < -0.39 is 15.9 Å². The van der Waals surface area contributed by atoms with Crippen LogP contribution in [-0.2, 0) is 10.0 Å². The number of anilines is 1. The molecule has 0 aliphatic heterocycles. The van der Waals surface area contributed by atoms with E-state index in [0.717, 1.165) is 12.8 Å². The summed E-state index contributed by atoms with van der Waals surface area (Å²) in [6.45, 7) is 4.09. The Bertz CT molecular complexity index is 938. The molecule has 28 heavy (non-hydrogen) atoms. The van der Waals surface area contributed by atoms with Crippen LogP contribution >= 0.6 is 0 Å². The van der Waals surface area contributed by atoms with Gasteiger partial charge in [0, 0.05) is 11.8 Å². The molecule has 0 atom stereocenters. The van der Waals surface area contributed by atoms with Crippen molar-refractivity contribution in [1.29, 1.82) is 0 Å². The predicted octanol–water partition coefficient (Wildman–Crippen LogP) is 3.65. The first-order valence-electron chi connectivity index (χ1n) is 9.00. The van der Waals surface area contributed by atoms with Gasteiger partial charge in [-0.3, -0.25) is 9.52 Å². The van der Waals surface area contributed by atoms with Crippen molar-refractivity contribution in [1.82, 2.24) is 5.43 Å². The van der Waals surface area contributed by atoms with Crippen LogP contribution in [0.2, 0.25) is 0 Å². The number of ether oxygens (including phenoxy) is 1. The Morgan fingerprint density at radius 2 is 1.86 bits per heavy atom. The highest BCUT2D eigenvalue weighted by Gasteiger charge is 2.18. The molecule has 0 radical (unpaired) electrons. The smallest absolute Gasteiger partial charge is 0.271 e. The molecule has 0 spiro atoms. The summed E-state index contributed by atoms with van der Waals surface area (Å²) < 4.78 is 33.0. The fraction of sp³-hybridized carbons (Fsp3) is 0.300. The van der Waals surface area contributed by atoms with Gasteiger partial charge in [-0.15, -0.1) is 0 Å². The Balaban J connectivity index is 2.18. The molecule has 0 aliphatic carbocycles. The Morgan fingerprint density at radius 3 is 2.54 bits per heavy atom. The van der Waals surface area contributed by atoms with Crippen molar-refractivity contribution in [2.24, 2.45) is 11.0 Å². The number of hydrogen-bond donors (Lipinski definition) is 2. The van der Waals surface area contributed by atoms with E-state index in [1.54, 1.807) is 30.5 Å². The van der Waals surface area contributed by atoms with Crippen LogP contribution in [0.5, 0.6) is 5.75 Å². The number of amides is 1. The van der Waals surface area contributed by atoms with E-state index in [0.29, 0.717) is 11.4 Å². The van der Waals surface area contributed by atoms with Crippen LogP contribution < -0.4 is 14.9 Å². The number of carbonyl (C=O) groups excluding carboxylic acids is 1. The van der Waals surface area contributed by atoms with Crippen LogP contribution in [0.4, 0.5) is 5.69 Å². The van der Waals surface area contributed by atoms with Gasteiger partial charge in [-0.1, -0.05) is 32.0 Å². The summed E-state index contributed by atoms with van der Waals surface area (Å²) >= 11 is 0. The van der Waals surface area contributed by atoms with Crippen molar-refractivity contribution in [3.8, 4) is 5.75 Å². The first-order chi connectivity index (χ1) is 13.4. The van der Waals surface area contributed by atoms with Gasteiger partial charge in [-0.2, -0.15) is 5.10 Å². The van der Waals surface area contributed by atoms with Crippen molar-refractivity contribution >= 4 is 27.8 Å². The molecule has 2 aromatic carbocycles. The summed E-state index contributed by atoms with van der Waals surface area (Å²) in [4.78, 5) is 12.2. The molecular formula is C20H25N3O4S. The molecule has 7 nitrogen and oxygen atoms in total. The fourth-order valence-corrected chi connectivity index (χ4v) is 3.62. The van der Waals surface area contributed by atoms with Crippen LogP contribution in [-0.4, -0.2) is 27.6 Å². The third-order valence-electron chi connectivity index (χ3n) is 4.26. The van der Waals surface area contributed by atoms with E-state index in [1.807, 2.05) is 13.8 Å². The zero-order valence-electron chi connectivity index (χ0n) is 16.2. The third-order valence-corrected chi connectivity index (χ3v) is 5.62. The summed E-state index contributed by atoms with van der Waals surface area (Å²) in [6, 6.07) is 12.5. The van der Waals surface area contributed by atoms with Gasteiger partial charge >= 0.3 is 0 Å². The second-order valence-corrected chi connectivity index (χ2v) is 7.81. The van der Waals surface area contributed by atoms with Crippen LogP contribution in [0.3, 0.4) is 0 Å². The van der Waals surface area contributed by atoms with Gasteiger partial charge in [-0.05, 0) is 49.1 Å². The maximum Gasteiger partial charge on any atom is 0.271 e. The molecule has 0 fully saturated rings. The second kappa shape index (κ2) is 9.89. The van der Waals surface area contributed by atoms with Crippen LogP contribution in [0, 0.1) is 5.92 Å². The molecule has 0 aromatic heterocycles. The van der Waals surface area contributed by atoms with Crippen LogP contribution in [0.25, 0.3) is 0 Å². The largest absolute Gasteiger partial charge is 0.495 e. The molecule has 0 aliphatic rings. The lowest BCUT2D eigenvalue weighted by Crippen LogP contribution is -2.20. The molecule has 2 rings (SSSR count). The van der Waals surface area contributed by atoms with Crippen molar-refractivity contribution in [3.05, 3.63) is 54.1 Å². The number of methoxy groups -OCH3 is 1. The van der Waals surface area contributed by atoms with Gasteiger partial charge in [0.1, 0.15) is 5.75 Å². The lowest BCUT2D eigenvalue weighted by Gasteiger charge is -2.12. The number of sulfonamides is 1. The van der Waals surface area contributed by atoms with E-state index >= 15 is 0 Å². The van der Waals surface area contributed by atoms with Gasteiger partial charge in [0.15, 0.2) is 0 Å². The minimum absolute atomic E-state index is 0.0324. The Morgan fingerprint density at radius 1 is 1.14 bits per heavy atom. The molecular weight excluding hydrogens is 378 g/mol. The number of hydrogen-bond acceptors (Lipinski definition) is 5. The molecule has 1 amide bonds. The maximum absolute atomic E-state index is 12.7. The lowest BCUT2D eigenvalue weighted by atomic mass is 10.1. The molecule has 2 N–H and O–H groups in total. The normalized spacial score (nSPS) is 11.6. The van der Waals surface area contributed by atoms with E-state index in [2.05, 4.69) is 15.2 Å². The SMILES string of the molecule is CCC(/C=N\NC(=O)c1cccc(S(=O)(=O)Nc2ccccc2OC)c1)CC. The zero-order chi connectivity index (χ0) is 20.6. The molecule has 2 aromatic rings. The third kappa shape index (κ3) is 5.56. The summed E-state index contributed by atoms with van der Waals surface area (Å²) in [5.41, 5.74) is 2.95. The summed E-state index contributed by atoms with van der Waals surface area (Å²) in [5.74, 6) is 0.212. The van der Waals surface area contributed by atoms with Crippen LogP contribution in [0.15, 0.2) is 58.5 Å².